The van der Waals surface area contributed by atoms with E-state index in [0.717, 1.165) is 0 Å². The van der Waals surface area contributed by atoms with Crippen molar-refractivity contribution in [3.8, 4) is 17.2 Å². The van der Waals surface area contributed by atoms with Crippen LogP contribution in [0.3, 0.4) is 0 Å². The van der Waals surface area contributed by atoms with E-state index in [1.807, 2.05) is 50.2 Å². The molecule has 36 heavy (non-hydrogen) atoms. The summed E-state index contributed by atoms with van der Waals surface area (Å²) >= 11 is 0. The molecule has 1 aliphatic heterocycles. The summed E-state index contributed by atoms with van der Waals surface area (Å²) in [6.07, 6.45) is -0.0281. The Morgan fingerprint density at radius 1 is 0.917 bits per heavy atom. The number of benzene rings is 3. The molecule has 0 spiro atoms. The van der Waals surface area contributed by atoms with Gasteiger partial charge in [0.25, 0.3) is 11.7 Å². The van der Waals surface area contributed by atoms with E-state index in [1.165, 1.54) is 12.0 Å². The van der Waals surface area contributed by atoms with E-state index in [9.17, 15) is 14.7 Å². The van der Waals surface area contributed by atoms with E-state index in [1.54, 1.807) is 42.5 Å². The van der Waals surface area contributed by atoms with Crippen molar-refractivity contribution in [2.24, 2.45) is 0 Å². The zero-order chi connectivity index (χ0) is 25.7. The Bertz CT molecular complexity index is 1270. The van der Waals surface area contributed by atoms with Gasteiger partial charge in [-0.2, -0.15) is 0 Å². The van der Waals surface area contributed by atoms with Crippen LogP contribution in [0.15, 0.2) is 84.4 Å². The summed E-state index contributed by atoms with van der Waals surface area (Å²) in [5.74, 6) is 0.0206. The minimum atomic E-state index is -0.814. The lowest BCUT2D eigenvalue weighted by Crippen LogP contribution is -2.33. The monoisotopic (exact) mass is 487 g/mol. The molecule has 186 valence electrons. The summed E-state index contributed by atoms with van der Waals surface area (Å²) < 4.78 is 16.9. The quantitative estimate of drug-likeness (QED) is 0.249. The lowest BCUT2D eigenvalue weighted by Gasteiger charge is -2.26. The summed E-state index contributed by atoms with van der Waals surface area (Å²) in [4.78, 5) is 27.8. The van der Waals surface area contributed by atoms with E-state index >= 15 is 0 Å². The molecule has 3 aromatic carbocycles. The molecule has 1 atom stereocenters. The Labute approximate surface area is 210 Å². The normalized spacial score (nSPS) is 17.0. The van der Waals surface area contributed by atoms with Crippen LogP contribution in [0.25, 0.3) is 5.76 Å². The van der Waals surface area contributed by atoms with Gasteiger partial charge in [-0.3, -0.25) is 9.59 Å². The van der Waals surface area contributed by atoms with E-state index in [2.05, 4.69) is 0 Å². The fourth-order valence-corrected chi connectivity index (χ4v) is 4.14. The van der Waals surface area contributed by atoms with Gasteiger partial charge in [0.15, 0.2) is 0 Å². The molecule has 0 aromatic heterocycles. The molecule has 0 bridgehead atoms. The molecule has 1 N–H and O–H groups in total. The number of nitrogens with zero attached hydrogens (tertiary/aromatic N) is 1. The number of methoxy groups -OCH3 is 1. The van der Waals surface area contributed by atoms with Crippen LogP contribution >= 0.6 is 0 Å². The first-order valence-corrected chi connectivity index (χ1v) is 11.8. The van der Waals surface area contributed by atoms with Gasteiger partial charge < -0.3 is 24.2 Å². The maximum Gasteiger partial charge on any atom is 0.295 e. The summed E-state index contributed by atoms with van der Waals surface area (Å²) in [6.45, 7) is 4.24. The van der Waals surface area contributed by atoms with Crippen LogP contribution in [0.4, 0.5) is 0 Å². The average Bonchev–Trinajstić information content (AvgIpc) is 3.14. The number of carbonyl (C=O) groups is 2. The minimum absolute atomic E-state index is 0.00895. The fraction of sp³-hybridized carbons (Fsp3) is 0.241. The van der Waals surface area contributed by atoms with Crippen LogP contribution in [0.2, 0.25) is 0 Å². The number of ether oxygens (including phenoxy) is 3. The predicted molar refractivity (Wildman–Crippen MR) is 136 cm³/mol. The Balaban J connectivity index is 1.78. The Morgan fingerprint density at radius 2 is 1.61 bits per heavy atom. The molecule has 4 rings (SSSR count). The van der Waals surface area contributed by atoms with Crippen LogP contribution in [0.5, 0.6) is 17.2 Å². The van der Waals surface area contributed by atoms with Crippen molar-refractivity contribution in [1.82, 2.24) is 4.90 Å². The molecule has 1 amide bonds. The SMILES string of the molecule is COc1cccc(/C(O)=C2/C(=O)C(=O)N(CCOC(C)C)C2c2cccc(Oc3ccccc3)c2)c1. The van der Waals surface area contributed by atoms with E-state index in [0.29, 0.717) is 28.4 Å². The molecule has 1 unspecified atom stereocenters. The van der Waals surface area contributed by atoms with Crippen LogP contribution < -0.4 is 9.47 Å². The Morgan fingerprint density at radius 3 is 2.33 bits per heavy atom. The fourth-order valence-electron chi connectivity index (χ4n) is 4.14. The van der Waals surface area contributed by atoms with Crippen LogP contribution in [0, 0.1) is 0 Å². The number of para-hydroxylation sites is 1. The molecule has 1 fully saturated rings. The Hall–Kier alpha value is -4.10. The van der Waals surface area contributed by atoms with E-state index < -0.39 is 17.7 Å². The maximum absolute atomic E-state index is 13.2. The van der Waals surface area contributed by atoms with Crippen molar-refractivity contribution in [3.63, 3.8) is 0 Å². The first-order valence-electron chi connectivity index (χ1n) is 11.8. The predicted octanol–water partition coefficient (Wildman–Crippen LogP) is 5.33. The smallest absolute Gasteiger partial charge is 0.295 e. The third-order valence-electron chi connectivity index (χ3n) is 5.82. The van der Waals surface area contributed by atoms with Gasteiger partial charge in [0.1, 0.15) is 23.0 Å². The highest BCUT2D eigenvalue weighted by atomic mass is 16.5. The molecular weight excluding hydrogens is 458 g/mol. The van der Waals surface area contributed by atoms with Gasteiger partial charge >= 0.3 is 0 Å². The number of hydrogen-bond donors (Lipinski definition) is 1. The second-order valence-corrected chi connectivity index (χ2v) is 8.63. The molecule has 1 heterocycles. The van der Waals surface area contributed by atoms with Gasteiger partial charge in [0.05, 0.1) is 31.4 Å². The molecule has 3 aromatic rings. The number of rotatable bonds is 9. The highest BCUT2D eigenvalue weighted by Gasteiger charge is 2.46. The maximum atomic E-state index is 13.2. The molecular formula is C29H29NO6. The van der Waals surface area contributed by atoms with Crippen molar-refractivity contribution in [3.05, 3.63) is 95.6 Å². The van der Waals surface area contributed by atoms with Gasteiger partial charge in [0.2, 0.25) is 0 Å². The summed E-state index contributed by atoms with van der Waals surface area (Å²) in [5, 5.41) is 11.3. The standard InChI is InChI=1S/C29H29NO6/c1-19(2)35-16-15-30-26(20-9-7-14-24(17-20)36-22-11-5-4-6-12-22)25(28(32)29(30)33)27(31)21-10-8-13-23(18-21)34-3/h4-14,17-19,26,31H,15-16H2,1-3H3/b27-25-. The van der Waals surface area contributed by atoms with Crippen LogP contribution in [0.1, 0.15) is 31.0 Å². The highest BCUT2D eigenvalue weighted by Crippen LogP contribution is 2.40. The summed E-state index contributed by atoms with van der Waals surface area (Å²) in [7, 11) is 1.52. The molecule has 0 radical (unpaired) electrons. The van der Waals surface area contributed by atoms with Gasteiger partial charge in [0, 0.05) is 12.1 Å². The summed E-state index contributed by atoms with van der Waals surface area (Å²) in [5.41, 5.74) is 1.03. The number of aliphatic hydroxyl groups is 1. The van der Waals surface area contributed by atoms with E-state index in [-0.39, 0.29) is 30.6 Å². The average molecular weight is 488 g/mol. The molecule has 0 aliphatic carbocycles. The zero-order valence-corrected chi connectivity index (χ0v) is 20.5. The Kier molecular flexibility index (Phi) is 7.71. The molecule has 7 nitrogen and oxygen atoms in total. The summed E-state index contributed by atoms with van der Waals surface area (Å²) in [6, 6.07) is 22.4. The van der Waals surface area contributed by atoms with Crippen molar-refractivity contribution in [2.45, 2.75) is 26.0 Å². The van der Waals surface area contributed by atoms with Crippen LogP contribution in [-0.2, 0) is 14.3 Å². The van der Waals surface area contributed by atoms with Gasteiger partial charge in [-0.1, -0.05) is 42.5 Å². The first-order chi connectivity index (χ1) is 17.4. The molecule has 1 aliphatic rings. The van der Waals surface area contributed by atoms with Crippen molar-refractivity contribution in [1.29, 1.82) is 0 Å². The first kappa shape index (κ1) is 25.0. The minimum Gasteiger partial charge on any atom is -0.507 e. The van der Waals surface area contributed by atoms with Gasteiger partial charge in [-0.05, 0) is 55.8 Å². The number of ketones is 1. The number of hydrogen-bond acceptors (Lipinski definition) is 6. The van der Waals surface area contributed by atoms with E-state index in [4.69, 9.17) is 14.2 Å². The number of carbonyl (C=O) groups excluding carboxylic acids is 2. The zero-order valence-electron chi connectivity index (χ0n) is 20.5. The highest BCUT2D eigenvalue weighted by molar-refractivity contribution is 6.46. The number of aliphatic hydroxyl groups excluding tert-OH is 1. The second-order valence-electron chi connectivity index (χ2n) is 8.63. The lowest BCUT2D eigenvalue weighted by atomic mass is 9.95. The largest absolute Gasteiger partial charge is 0.507 e. The number of amides is 1. The topological polar surface area (TPSA) is 85.3 Å². The van der Waals surface area contributed by atoms with Gasteiger partial charge in [-0.15, -0.1) is 0 Å². The van der Waals surface area contributed by atoms with Crippen molar-refractivity contribution >= 4 is 17.4 Å². The van der Waals surface area contributed by atoms with Crippen LogP contribution in [-0.4, -0.2) is 48.1 Å². The lowest BCUT2D eigenvalue weighted by molar-refractivity contribution is -0.140. The second kappa shape index (κ2) is 11.1. The molecule has 7 heteroatoms. The van der Waals surface area contributed by atoms with Gasteiger partial charge in [-0.25, -0.2) is 0 Å². The molecule has 1 saturated heterocycles. The third-order valence-corrected chi connectivity index (χ3v) is 5.82. The molecule has 0 saturated carbocycles. The number of Topliss-reactive ketones (excluding diaryl/α,β-unsaturated/α-hetero) is 1. The third kappa shape index (κ3) is 5.42. The van der Waals surface area contributed by atoms with Crippen molar-refractivity contribution < 1.29 is 28.9 Å². The van der Waals surface area contributed by atoms with Crippen molar-refractivity contribution in [2.75, 3.05) is 20.3 Å². The number of likely N-dealkylation sites (tertiary alicyclic amines) is 1.